The quantitative estimate of drug-likeness (QED) is 0.366. The number of rotatable bonds is 7. The molecule has 0 saturated heterocycles. The van der Waals surface area contributed by atoms with E-state index in [1.165, 1.54) is 0 Å². The molecule has 0 aromatic heterocycles. The van der Waals surface area contributed by atoms with Gasteiger partial charge in [0, 0.05) is 0 Å². The summed E-state index contributed by atoms with van der Waals surface area (Å²) < 4.78 is 18.7. The van der Waals surface area contributed by atoms with Crippen LogP contribution in [0.15, 0.2) is 42.5 Å². The largest absolute Gasteiger partial charge is 0.544 e. The highest BCUT2D eigenvalue weighted by atomic mass is 28.4. The molecule has 0 radical (unpaired) electrons. The van der Waals surface area contributed by atoms with Gasteiger partial charge in [-0.25, -0.2) is 0 Å². The Labute approximate surface area is 163 Å². The summed E-state index contributed by atoms with van der Waals surface area (Å²) in [5, 5.41) is 0.226. The van der Waals surface area contributed by atoms with Crippen LogP contribution < -0.4 is 0 Å². The highest BCUT2D eigenvalue weighted by molar-refractivity contribution is 6.74. The minimum Gasteiger partial charge on any atom is -0.544 e. The predicted octanol–water partition coefficient (Wildman–Crippen LogP) is 7.05. The van der Waals surface area contributed by atoms with Crippen LogP contribution in [0.5, 0.6) is 0 Å². The van der Waals surface area contributed by atoms with E-state index in [0.717, 1.165) is 5.56 Å². The van der Waals surface area contributed by atoms with Crippen LogP contribution in [0.2, 0.25) is 36.3 Å². The Hall–Kier alpha value is -1.21. The zero-order valence-electron chi connectivity index (χ0n) is 18.4. The van der Waals surface area contributed by atoms with E-state index < -0.39 is 16.6 Å². The molecule has 0 aliphatic rings. The number of ether oxygens (including phenoxy) is 1. The van der Waals surface area contributed by atoms with E-state index in [2.05, 4.69) is 79.9 Å². The summed E-state index contributed by atoms with van der Waals surface area (Å²) in [7, 11) is -3.92. The van der Waals surface area contributed by atoms with Crippen LogP contribution >= 0.6 is 0 Å². The van der Waals surface area contributed by atoms with Crippen molar-refractivity contribution < 1.29 is 13.6 Å². The van der Waals surface area contributed by atoms with Crippen molar-refractivity contribution in [1.82, 2.24) is 0 Å². The second kappa shape index (κ2) is 8.21. The first-order valence-corrected chi connectivity index (χ1v) is 15.2. The molecule has 0 saturated carbocycles. The molecule has 26 heavy (non-hydrogen) atoms. The summed E-state index contributed by atoms with van der Waals surface area (Å²) in [5.74, 6) is 0.505. The van der Waals surface area contributed by atoms with E-state index in [9.17, 15) is 0 Å². The second-order valence-corrected chi connectivity index (χ2v) is 19.4. The van der Waals surface area contributed by atoms with Crippen LogP contribution in [0.3, 0.4) is 0 Å². The fourth-order valence-electron chi connectivity index (χ4n) is 1.59. The van der Waals surface area contributed by atoms with Gasteiger partial charge in [-0.1, -0.05) is 71.9 Å². The van der Waals surface area contributed by atoms with E-state index in [1.807, 2.05) is 18.2 Å². The monoisotopic (exact) mass is 394 g/mol. The number of benzene rings is 1. The third-order valence-electron chi connectivity index (χ3n) is 5.64. The minimum atomic E-state index is -2.01. The molecule has 148 valence electrons. The molecule has 3 nitrogen and oxygen atoms in total. The van der Waals surface area contributed by atoms with E-state index in [0.29, 0.717) is 12.6 Å². The van der Waals surface area contributed by atoms with E-state index in [1.54, 1.807) is 6.26 Å². The van der Waals surface area contributed by atoms with Crippen molar-refractivity contribution in [3.05, 3.63) is 48.1 Å². The van der Waals surface area contributed by atoms with Crippen LogP contribution in [0, 0.1) is 0 Å². The molecule has 0 bridgehead atoms. The van der Waals surface area contributed by atoms with Crippen LogP contribution in [-0.4, -0.2) is 16.6 Å². The van der Waals surface area contributed by atoms with Crippen molar-refractivity contribution in [3.63, 3.8) is 0 Å². The van der Waals surface area contributed by atoms with Crippen LogP contribution in [0.4, 0.5) is 0 Å². The molecule has 0 aliphatic heterocycles. The standard InChI is InChI=1S/C21H38O3Si2/c1-20(2,3)25(7,8)23-17-19(24-26(9,10)21(4,5)6)22-16-18-14-12-11-13-15-18/h11-15,17H,16H2,1-10H3/b19-17-. The van der Waals surface area contributed by atoms with Gasteiger partial charge in [-0.15, -0.1) is 0 Å². The molecular formula is C21H38O3Si2. The predicted molar refractivity (Wildman–Crippen MR) is 116 cm³/mol. The van der Waals surface area contributed by atoms with Crippen molar-refractivity contribution in [2.75, 3.05) is 0 Å². The Morgan fingerprint density at radius 2 is 1.35 bits per heavy atom. The Morgan fingerprint density at radius 1 is 0.846 bits per heavy atom. The lowest BCUT2D eigenvalue weighted by Gasteiger charge is -2.38. The normalized spacial score (nSPS) is 14.2. The summed E-state index contributed by atoms with van der Waals surface area (Å²) >= 11 is 0. The van der Waals surface area contributed by atoms with Gasteiger partial charge in [0.15, 0.2) is 0 Å². The van der Waals surface area contributed by atoms with E-state index in [4.69, 9.17) is 13.6 Å². The van der Waals surface area contributed by atoms with Crippen LogP contribution in [0.1, 0.15) is 47.1 Å². The average Bonchev–Trinajstić information content (AvgIpc) is 2.48. The number of hydrogen-bond donors (Lipinski definition) is 0. The molecule has 0 unspecified atom stereocenters. The average molecular weight is 395 g/mol. The topological polar surface area (TPSA) is 27.7 Å². The van der Waals surface area contributed by atoms with Crippen molar-refractivity contribution in [3.8, 4) is 0 Å². The molecule has 0 spiro atoms. The van der Waals surface area contributed by atoms with Gasteiger partial charge >= 0.3 is 0 Å². The van der Waals surface area contributed by atoms with Crippen molar-refractivity contribution in [2.24, 2.45) is 0 Å². The minimum absolute atomic E-state index is 0.0964. The molecule has 0 heterocycles. The summed E-state index contributed by atoms with van der Waals surface area (Å²) in [6.45, 7) is 22.7. The van der Waals surface area contributed by atoms with Crippen molar-refractivity contribution in [2.45, 2.75) is 84.4 Å². The third-order valence-corrected chi connectivity index (χ3v) is 14.3. The maximum atomic E-state index is 6.41. The maximum absolute atomic E-state index is 6.41. The lowest BCUT2D eigenvalue weighted by atomic mass is 10.2. The van der Waals surface area contributed by atoms with Gasteiger partial charge in [0.2, 0.25) is 8.32 Å². The molecule has 1 aromatic carbocycles. The Balaban J connectivity index is 2.99. The molecule has 1 rings (SSSR count). The molecule has 0 amide bonds. The second-order valence-electron chi connectivity index (χ2n) is 9.95. The third kappa shape index (κ3) is 6.51. The molecule has 0 N–H and O–H groups in total. The molecule has 0 fully saturated rings. The molecule has 5 heteroatoms. The SMILES string of the molecule is CC(C)(C)[Si](C)(C)O/C=C(/OCc1ccccc1)O[Si](C)(C)C(C)(C)C. The first-order valence-electron chi connectivity index (χ1n) is 9.39. The summed E-state index contributed by atoms with van der Waals surface area (Å²) in [6, 6.07) is 10.1. The molecule has 1 aromatic rings. The zero-order chi connectivity index (χ0) is 20.2. The van der Waals surface area contributed by atoms with Gasteiger partial charge in [-0.2, -0.15) is 0 Å². The van der Waals surface area contributed by atoms with Gasteiger partial charge in [0.25, 0.3) is 14.3 Å². The van der Waals surface area contributed by atoms with E-state index in [-0.39, 0.29) is 10.1 Å². The Bertz CT molecular complexity index is 594. The molecule has 0 atom stereocenters. The van der Waals surface area contributed by atoms with Crippen molar-refractivity contribution >= 4 is 16.6 Å². The van der Waals surface area contributed by atoms with Gasteiger partial charge < -0.3 is 13.6 Å². The number of hydrogen-bond acceptors (Lipinski definition) is 3. The zero-order valence-corrected chi connectivity index (χ0v) is 20.4. The fraction of sp³-hybridized carbons (Fsp3) is 0.619. The Morgan fingerprint density at radius 3 is 1.81 bits per heavy atom. The first-order chi connectivity index (χ1) is 11.7. The highest BCUT2D eigenvalue weighted by Crippen LogP contribution is 2.39. The van der Waals surface area contributed by atoms with Gasteiger partial charge in [-0.3, -0.25) is 0 Å². The van der Waals surface area contributed by atoms with Gasteiger partial charge in [-0.05, 0) is 41.8 Å². The lowest BCUT2D eigenvalue weighted by Crippen LogP contribution is -2.41. The van der Waals surface area contributed by atoms with Crippen molar-refractivity contribution in [1.29, 1.82) is 0 Å². The fourth-order valence-corrected chi connectivity index (χ4v) is 3.25. The van der Waals surface area contributed by atoms with E-state index >= 15 is 0 Å². The van der Waals surface area contributed by atoms with Gasteiger partial charge in [0.05, 0.1) is 0 Å². The molecule has 0 aliphatic carbocycles. The molecular weight excluding hydrogens is 356 g/mol. The van der Waals surface area contributed by atoms with Gasteiger partial charge in [0.1, 0.15) is 12.9 Å². The summed E-state index contributed by atoms with van der Waals surface area (Å²) in [4.78, 5) is 0. The highest BCUT2D eigenvalue weighted by Gasteiger charge is 2.41. The van der Waals surface area contributed by atoms with Crippen LogP contribution in [0.25, 0.3) is 0 Å². The maximum Gasteiger partial charge on any atom is 0.300 e. The van der Waals surface area contributed by atoms with Crippen LogP contribution in [-0.2, 0) is 20.2 Å². The Kier molecular flexibility index (Phi) is 7.21. The summed E-state index contributed by atoms with van der Waals surface area (Å²) in [5.41, 5.74) is 1.12. The smallest absolute Gasteiger partial charge is 0.300 e. The lowest BCUT2D eigenvalue weighted by molar-refractivity contribution is 0.0782. The first kappa shape index (κ1) is 22.8. The summed E-state index contributed by atoms with van der Waals surface area (Å²) in [6.07, 6.45) is 1.72.